The molecule has 1 amide bonds. The molecule has 2 aromatic carbocycles. The van der Waals surface area contributed by atoms with Crippen LogP contribution in [0.15, 0.2) is 60.9 Å². The fraction of sp³-hybridized carbons (Fsp3) is 0.0556. The zero-order valence-electron chi connectivity index (χ0n) is 13.6. The number of nitrogens with one attached hydrogen (secondary N) is 2. The standard InChI is InChI=1S/C18H12ClF3N4O/c19-12-2-1-3-14(8-12)25-16-10-23-15(9-24-16)17(27)26-13-6-4-11(5-7-13)18(20,21)22/h1-10H,(H,24,25)(H,26,27). The van der Waals surface area contributed by atoms with E-state index in [2.05, 4.69) is 20.6 Å². The highest BCUT2D eigenvalue weighted by Crippen LogP contribution is 2.29. The van der Waals surface area contributed by atoms with E-state index in [1.165, 1.54) is 24.5 Å². The first-order chi connectivity index (χ1) is 12.8. The third-order valence-electron chi connectivity index (χ3n) is 3.45. The molecule has 0 fully saturated rings. The smallest absolute Gasteiger partial charge is 0.339 e. The van der Waals surface area contributed by atoms with Crippen molar-refractivity contribution in [2.75, 3.05) is 10.6 Å². The normalized spacial score (nSPS) is 11.1. The lowest BCUT2D eigenvalue weighted by Gasteiger charge is -2.09. The molecule has 1 aromatic heterocycles. The van der Waals surface area contributed by atoms with Crippen LogP contribution in [0.2, 0.25) is 5.02 Å². The minimum absolute atomic E-state index is 0.0199. The van der Waals surface area contributed by atoms with Crippen molar-refractivity contribution < 1.29 is 18.0 Å². The number of hydrogen-bond donors (Lipinski definition) is 2. The van der Waals surface area contributed by atoms with Gasteiger partial charge in [-0.3, -0.25) is 4.79 Å². The summed E-state index contributed by atoms with van der Waals surface area (Å²) in [5.74, 6) is -0.181. The third kappa shape index (κ3) is 4.95. The summed E-state index contributed by atoms with van der Waals surface area (Å²) in [6.45, 7) is 0. The SMILES string of the molecule is O=C(Nc1ccc(C(F)(F)F)cc1)c1cnc(Nc2cccc(Cl)c2)cn1. The van der Waals surface area contributed by atoms with E-state index in [1.54, 1.807) is 24.3 Å². The number of rotatable bonds is 4. The summed E-state index contributed by atoms with van der Waals surface area (Å²) in [5.41, 5.74) is 0.151. The Hall–Kier alpha value is -3.13. The van der Waals surface area contributed by atoms with Crippen molar-refractivity contribution in [2.24, 2.45) is 0 Å². The van der Waals surface area contributed by atoms with Gasteiger partial charge in [0.25, 0.3) is 5.91 Å². The summed E-state index contributed by atoms with van der Waals surface area (Å²) in [5, 5.41) is 6.01. The third-order valence-corrected chi connectivity index (χ3v) is 3.69. The van der Waals surface area contributed by atoms with Crippen LogP contribution in [0.1, 0.15) is 16.1 Å². The van der Waals surface area contributed by atoms with Crippen LogP contribution in [0.4, 0.5) is 30.4 Å². The molecule has 0 aliphatic heterocycles. The number of halogens is 4. The Morgan fingerprint density at radius 2 is 1.70 bits per heavy atom. The second-order valence-electron chi connectivity index (χ2n) is 5.45. The van der Waals surface area contributed by atoms with Crippen LogP contribution >= 0.6 is 11.6 Å². The van der Waals surface area contributed by atoms with Gasteiger partial charge in [-0.25, -0.2) is 9.97 Å². The molecule has 0 aliphatic carbocycles. The predicted molar refractivity (Wildman–Crippen MR) is 96.2 cm³/mol. The molecule has 3 aromatic rings. The highest BCUT2D eigenvalue weighted by atomic mass is 35.5. The lowest BCUT2D eigenvalue weighted by Crippen LogP contribution is -2.14. The van der Waals surface area contributed by atoms with Crippen LogP contribution in [0, 0.1) is 0 Å². The van der Waals surface area contributed by atoms with Gasteiger partial charge in [-0.15, -0.1) is 0 Å². The Bertz CT molecular complexity index is 944. The summed E-state index contributed by atoms with van der Waals surface area (Å²) in [4.78, 5) is 20.2. The number of carbonyl (C=O) groups is 1. The maximum absolute atomic E-state index is 12.5. The van der Waals surface area contributed by atoms with E-state index in [0.29, 0.717) is 16.5 Å². The summed E-state index contributed by atoms with van der Waals surface area (Å²) in [6.07, 6.45) is -1.81. The highest BCUT2D eigenvalue weighted by Gasteiger charge is 2.30. The van der Waals surface area contributed by atoms with Gasteiger partial charge in [-0.1, -0.05) is 17.7 Å². The van der Waals surface area contributed by atoms with Crippen LogP contribution in [-0.2, 0) is 6.18 Å². The number of amides is 1. The summed E-state index contributed by atoms with van der Waals surface area (Å²) >= 11 is 5.90. The second-order valence-corrected chi connectivity index (χ2v) is 5.89. The second kappa shape index (κ2) is 7.63. The van der Waals surface area contributed by atoms with Crippen LogP contribution in [0.3, 0.4) is 0 Å². The molecule has 138 valence electrons. The Labute approximate surface area is 157 Å². The molecule has 0 saturated carbocycles. The number of hydrogen-bond acceptors (Lipinski definition) is 4. The zero-order chi connectivity index (χ0) is 19.4. The number of alkyl halides is 3. The van der Waals surface area contributed by atoms with Gasteiger partial charge in [0.2, 0.25) is 0 Å². The van der Waals surface area contributed by atoms with Crippen molar-refractivity contribution >= 4 is 34.7 Å². The van der Waals surface area contributed by atoms with Crippen LogP contribution in [0.5, 0.6) is 0 Å². The highest BCUT2D eigenvalue weighted by molar-refractivity contribution is 6.30. The summed E-state index contributed by atoms with van der Waals surface area (Å²) < 4.78 is 37.6. The molecule has 1 heterocycles. The van der Waals surface area contributed by atoms with Crippen molar-refractivity contribution in [3.8, 4) is 0 Å². The van der Waals surface area contributed by atoms with E-state index in [4.69, 9.17) is 11.6 Å². The molecule has 0 unspecified atom stereocenters. The van der Waals surface area contributed by atoms with E-state index in [1.807, 2.05) is 0 Å². The number of aromatic nitrogens is 2. The topological polar surface area (TPSA) is 66.9 Å². The van der Waals surface area contributed by atoms with Crippen LogP contribution in [0.25, 0.3) is 0 Å². The van der Waals surface area contributed by atoms with Gasteiger partial charge in [-0.05, 0) is 42.5 Å². The van der Waals surface area contributed by atoms with Gasteiger partial charge in [0.05, 0.1) is 18.0 Å². The lowest BCUT2D eigenvalue weighted by molar-refractivity contribution is -0.137. The molecular formula is C18H12ClF3N4O. The Morgan fingerprint density at radius 3 is 2.30 bits per heavy atom. The number of nitrogens with zero attached hydrogens (tertiary/aromatic N) is 2. The van der Waals surface area contributed by atoms with Crippen LogP contribution < -0.4 is 10.6 Å². The van der Waals surface area contributed by atoms with E-state index in [0.717, 1.165) is 12.1 Å². The van der Waals surface area contributed by atoms with Crippen molar-refractivity contribution in [1.82, 2.24) is 9.97 Å². The number of anilines is 3. The van der Waals surface area contributed by atoms with Gasteiger partial charge in [0.15, 0.2) is 0 Å². The first-order valence-electron chi connectivity index (χ1n) is 7.64. The molecule has 5 nitrogen and oxygen atoms in total. The van der Waals surface area contributed by atoms with E-state index >= 15 is 0 Å². The maximum atomic E-state index is 12.5. The Kier molecular flexibility index (Phi) is 5.27. The fourth-order valence-electron chi connectivity index (χ4n) is 2.16. The minimum Gasteiger partial charge on any atom is -0.339 e. The number of carbonyl (C=O) groups excluding carboxylic acids is 1. The van der Waals surface area contributed by atoms with Gasteiger partial charge in [-0.2, -0.15) is 13.2 Å². The quantitative estimate of drug-likeness (QED) is 0.644. The predicted octanol–water partition coefficient (Wildman–Crippen LogP) is 5.14. The van der Waals surface area contributed by atoms with Gasteiger partial charge in [0.1, 0.15) is 11.5 Å². The van der Waals surface area contributed by atoms with Gasteiger partial charge in [0, 0.05) is 16.4 Å². The zero-order valence-corrected chi connectivity index (χ0v) is 14.3. The van der Waals surface area contributed by atoms with Gasteiger partial charge < -0.3 is 10.6 Å². The maximum Gasteiger partial charge on any atom is 0.416 e. The molecule has 9 heteroatoms. The molecule has 2 N–H and O–H groups in total. The molecule has 3 rings (SSSR count). The summed E-state index contributed by atoms with van der Waals surface area (Å²) in [7, 11) is 0. The van der Waals surface area contributed by atoms with E-state index in [-0.39, 0.29) is 11.4 Å². The van der Waals surface area contributed by atoms with Crippen molar-refractivity contribution in [3.63, 3.8) is 0 Å². The van der Waals surface area contributed by atoms with E-state index < -0.39 is 17.6 Å². The molecule has 27 heavy (non-hydrogen) atoms. The molecular weight excluding hydrogens is 381 g/mol. The first kappa shape index (κ1) is 18.7. The molecule has 0 radical (unpaired) electrons. The molecule has 0 bridgehead atoms. The largest absolute Gasteiger partial charge is 0.416 e. The fourth-order valence-corrected chi connectivity index (χ4v) is 2.35. The average Bonchev–Trinajstić information content (AvgIpc) is 2.62. The number of benzene rings is 2. The molecule has 0 saturated heterocycles. The molecule has 0 aliphatic rings. The van der Waals surface area contributed by atoms with Gasteiger partial charge >= 0.3 is 6.18 Å². The monoisotopic (exact) mass is 392 g/mol. The minimum atomic E-state index is -4.43. The Balaban J connectivity index is 1.65. The van der Waals surface area contributed by atoms with Crippen LogP contribution in [-0.4, -0.2) is 15.9 Å². The molecule has 0 spiro atoms. The Morgan fingerprint density at radius 1 is 0.963 bits per heavy atom. The molecule has 0 atom stereocenters. The van der Waals surface area contributed by atoms with Crippen molar-refractivity contribution in [1.29, 1.82) is 0 Å². The lowest BCUT2D eigenvalue weighted by atomic mass is 10.2. The first-order valence-corrected chi connectivity index (χ1v) is 8.02. The summed E-state index contributed by atoms with van der Waals surface area (Å²) in [6, 6.07) is 11.1. The van der Waals surface area contributed by atoms with E-state index in [9.17, 15) is 18.0 Å². The average molecular weight is 393 g/mol. The van der Waals surface area contributed by atoms with Crippen molar-refractivity contribution in [3.05, 3.63) is 77.2 Å². The van der Waals surface area contributed by atoms with Crippen molar-refractivity contribution in [2.45, 2.75) is 6.18 Å².